The largest absolute Gasteiger partial charge is 0.396 e. The third kappa shape index (κ3) is 3.62. The number of piperidine rings is 1. The molecule has 1 saturated heterocycles. The molecule has 0 saturated carbocycles. The maximum absolute atomic E-state index is 12.9. The number of carbonyl (C=O) groups is 3. The molecule has 3 rings (SSSR count). The molecule has 0 aromatic heterocycles. The summed E-state index contributed by atoms with van der Waals surface area (Å²) in [7, 11) is 0. The summed E-state index contributed by atoms with van der Waals surface area (Å²) in [6, 6.07) is 5.06. The molecule has 5 N–H and O–H groups in total. The van der Waals surface area contributed by atoms with Gasteiger partial charge in [-0.3, -0.25) is 19.7 Å². The summed E-state index contributed by atoms with van der Waals surface area (Å²) in [6.45, 7) is 1.81. The van der Waals surface area contributed by atoms with Crippen LogP contribution < -0.4 is 16.4 Å². The number of amides is 3. The van der Waals surface area contributed by atoms with E-state index < -0.39 is 11.9 Å². The van der Waals surface area contributed by atoms with E-state index in [9.17, 15) is 19.5 Å². The number of benzene rings is 1. The average molecular weight is 360 g/mol. The Labute approximate surface area is 151 Å². The van der Waals surface area contributed by atoms with Crippen LogP contribution in [0.4, 0.5) is 0 Å². The summed E-state index contributed by atoms with van der Waals surface area (Å²) in [4.78, 5) is 37.9. The molecule has 2 unspecified atom stereocenters. The van der Waals surface area contributed by atoms with Crippen LogP contribution in [0.1, 0.15) is 34.3 Å². The Morgan fingerprint density at radius 2 is 2.15 bits per heavy atom. The number of nitrogens with zero attached hydrogens (tertiary/aromatic N) is 1. The van der Waals surface area contributed by atoms with Gasteiger partial charge in [-0.05, 0) is 24.1 Å². The van der Waals surface area contributed by atoms with Gasteiger partial charge in [0.25, 0.3) is 5.91 Å². The van der Waals surface area contributed by atoms with Gasteiger partial charge in [-0.2, -0.15) is 0 Å². The monoisotopic (exact) mass is 360 g/mol. The molecule has 2 heterocycles. The second-order valence-corrected chi connectivity index (χ2v) is 6.77. The van der Waals surface area contributed by atoms with Gasteiger partial charge in [-0.1, -0.05) is 18.2 Å². The molecule has 8 heteroatoms. The first-order valence-corrected chi connectivity index (χ1v) is 8.82. The number of rotatable bonds is 7. The Morgan fingerprint density at radius 3 is 2.85 bits per heavy atom. The van der Waals surface area contributed by atoms with Gasteiger partial charge >= 0.3 is 0 Å². The van der Waals surface area contributed by atoms with Crippen LogP contribution in [0, 0.1) is 5.92 Å². The molecule has 0 bridgehead atoms. The van der Waals surface area contributed by atoms with Crippen molar-refractivity contribution >= 4 is 17.7 Å². The minimum atomic E-state index is -0.607. The summed E-state index contributed by atoms with van der Waals surface area (Å²) in [5.41, 5.74) is 7.94. The number of aliphatic hydroxyl groups is 1. The molecule has 2 aliphatic heterocycles. The van der Waals surface area contributed by atoms with Crippen LogP contribution in [-0.2, 0) is 22.7 Å². The van der Waals surface area contributed by atoms with Crippen LogP contribution in [-0.4, -0.2) is 53.5 Å². The standard InChI is InChI=1S/C18H24N4O4/c19-6-11(10-23)7-20-8-12-2-1-3-13-9-22(18(26)16(12)13)14-4-5-15(24)21-17(14)25/h1-3,11,14,20,23H,4-10,19H2,(H,21,24,25). The van der Waals surface area contributed by atoms with E-state index in [0.29, 0.717) is 38.2 Å². The molecule has 2 atom stereocenters. The number of nitrogens with one attached hydrogen (secondary N) is 2. The number of fused-ring (bicyclic) bond motifs is 1. The molecule has 8 nitrogen and oxygen atoms in total. The highest BCUT2D eigenvalue weighted by molar-refractivity contribution is 6.05. The lowest BCUT2D eigenvalue weighted by Gasteiger charge is -2.29. The first kappa shape index (κ1) is 18.5. The van der Waals surface area contributed by atoms with Crippen LogP contribution in [0.5, 0.6) is 0 Å². The Hall–Kier alpha value is -2.29. The zero-order valence-electron chi connectivity index (χ0n) is 14.5. The first-order chi connectivity index (χ1) is 12.5. The van der Waals surface area contributed by atoms with Crippen molar-refractivity contribution < 1.29 is 19.5 Å². The zero-order valence-corrected chi connectivity index (χ0v) is 14.5. The predicted octanol–water partition coefficient (Wildman–Crippen LogP) is -0.896. The van der Waals surface area contributed by atoms with Gasteiger partial charge in [0, 0.05) is 44.1 Å². The fourth-order valence-electron chi connectivity index (χ4n) is 3.47. The summed E-state index contributed by atoms with van der Waals surface area (Å²) < 4.78 is 0. The quantitative estimate of drug-likeness (QED) is 0.467. The SMILES string of the molecule is NCC(CO)CNCc1cccc2c1C(=O)N(C1CCC(=O)NC1=O)C2. The molecule has 0 spiro atoms. The normalized spacial score (nSPS) is 20.9. The highest BCUT2D eigenvalue weighted by Crippen LogP contribution is 2.29. The second kappa shape index (κ2) is 7.94. The van der Waals surface area contributed by atoms with Gasteiger partial charge in [0.05, 0.1) is 0 Å². The number of aliphatic hydroxyl groups excluding tert-OH is 1. The molecule has 1 aromatic rings. The van der Waals surface area contributed by atoms with E-state index in [4.69, 9.17) is 5.73 Å². The Bertz CT molecular complexity index is 717. The first-order valence-electron chi connectivity index (χ1n) is 8.82. The minimum Gasteiger partial charge on any atom is -0.396 e. The van der Waals surface area contributed by atoms with E-state index in [1.54, 1.807) is 4.90 Å². The topological polar surface area (TPSA) is 125 Å². The van der Waals surface area contributed by atoms with E-state index in [2.05, 4.69) is 10.6 Å². The number of imide groups is 1. The van der Waals surface area contributed by atoms with Crippen molar-refractivity contribution in [1.29, 1.82) is 0 Å². The molecule has 2 aliphatic rings. The molecule has 0 radical (unpaired) electrons. The fourth-order valence-corrected chi connectivity index (χ4v) is 3.47. The van der Waals surface area contributed by atoms with Gasteiger partial charge in [0.15, 0.2) is 0 Å². The van der Waals surface area contributed by atoms with Crippen molar-refractivity contribution in [2.24, 2.45) is 11.7 Å². The van der Waals surface area contributed by atoms with Crippen molar-refractivity contribution in [2.45, 2.75) is 32.0 Å². The summed E-state index contributed by atoms with van der Waals surface area (Å²) in [6.07, 6.45) is 0.596. The van der Waals surface area contributed by atoms with Crippen LogP contribution in [0.3, 0.4) is 0 Å². The Balaban J connectivity index is 1.72. The van der Waals surface area contributed by atoms with Crippen LogP contribution in [0.25, 0.3) is 0 Å². The molecule has 0 aliphatic carbocycles. The number of hydrogen-bond donors (Lipinski definition) is 4. The molecule has 3 amide bonds. The van der Waals surface area contributed by atoms with Crippen molar-refractivity contribution in [2.75, 3.05) is 19.7 Å². The average Bonchev–Trinajstić information content (AvgIpc) is 2.96. The summed E-state index contributed by atoms with van der Waals surface area (Å²) in [5.74, 6) is -0.902. The molecular formula is C18H24N4O4. The van der Waals surface area contributed by atoms with Crippen molar-refractivity contribution in [3.8, 4) is 0 Å². The molecule has 1 aromatic carbocycles. The second-order valence-electron chi connectivity index (χ2n) is 6.77. The lowest BCUT2D eigenvalue weighted by atomic mass is 10.0. The molecule has 1 fully saturated rings. The maximum atomic E-state index is 12.9. The van der Waals surface area contributed by atoms with E-state index >= 15 is 0 Å². The van der Waals surface area contributed by atoms with E-state index in [-0.39, 0.29) is 30.8 Å². The smallest absolute Gasteiger partial charge is 0.255 e. The lowest BCUT2D eigenvalue weighted by molar-refractivity contribution is -0.136. The summed E-state index contributed by atoms with van der Waals surface area (Å²) in [5, 5.41) is 14.7. The van der Waals surface area contributed by atoms with Gasteiger partial charge in [-0.15, -0.1) is 0 Å². The van der Waals surface area contributed by atoms with Crippen LogP contribution >= 0.6 is 0 Å². The van der Waals surface area contributed by atoms with Crippen molar-refractivity contribution in [3.05, 3.63) is 34.9 Å². The van der Waals surface area contributed by atoms with Crippen molar-refractivity contribution in [1.82, 2.24) is 15.5 Å². The third-order valence-electron chi connectivity index (χ3n) is 4.98. The fraction of sp³-hybridized carbons (Fsp3) is 0.500. The van der Waals surface area contributed by atoms with Crippen LogP contribution in [0.2, 0.25) is 0 Å². The van der Waals surface area contributed by atoms with Crippen LogP contribution in [0.15, 0.2) is 18.2 Å². The number of nitrogens with two attached hydrogens (primary N) is 1. The van der Waals surface area contributed by atoms with E-state index in [1.165, 1.54) is 0 Å². The molecular weight excluding hydrogens is 336 g/mol. The summed E-state index contributed by atoms with van der Waals surface area (Å²) >= 11 is 0. The van der Waals surface area contributed by atoms with Gasteiger partial charge in [0.2, 0.25) is 11.8 Å². The Kier molecular flexibility index (Phi) is 5.65. The highest BCUT2D eigenvalue weighted by Gasteiger charge is 2.39. The van der Waals surface area contributed by atoms with Crippen molar-refractivity contribution in [3.63, 3.8) is 0 Å². The minimum absolute atomic E-state index is 0.0125. The number of carbonyl (C=O) groups excluding carboxylic acids is 3. The molecule has 140 valence electrons. The maximum Gasteiger partial charge on any atom is 0.255 e. The van der Waals surface area contributed by atoms with E-state index in [0.717, 1.165) is 11.1 Å². The number of hydrogen-bond acceptors (Lipinski definition) is 6. The molecule has 26 heavy (non-hydrogen) atoms. The highest BCUT2D eigenvalue weighted by atomic mass is 16.3. The zero-order chi connectivity index (χ0) is 18.7. The van der Waals surface area contributed by atoms with Gasteiger partial charge in [-0.25, -0.2) is 0 Å². The van der Waals surface area contributed by atoms with E-state index in [1.807, 2.05) is 18.2 Å². The lowest BCUT2D eigenvalue weighted by Crippen LogP contribution is -2.52. The predicted molar refractivity (Wildman–Crippen MR) is 93.8 cm³/mol. The van der Waals surface area contributed by atoms with Gasteiger partial charge < -0.3 is 21.1 Å². The third-order valence-corrected chi connectivity index (χ3v) is 4.98. The Morgan fingerprint density at radius 1 is 1.35 bits per heavy atom. The van der Waals surface area contributed by atoms with Gasteiger partial charge in [0.1, 0.15) is 6.04 Å².